The number of ether oxygens (including phenoxy) is 1. The van der Waals surface area contributed by atoms with Gasteiger partial charge in [-0.1, -0.05) is 23.7 Å². The van der Waals surface area contributed by atoms with E-state index < -0.39 is 0 Å². The van der Waals surface area contributed by atoms with Gasteiger partial charge in [-0.05, 0) is 30.3 Å². The number of halogens is 1. The van der Waals surface area contributed by atoms with Gasteiger partial charge in [-0.25, -0.2) is 0 Å². The van der Waals surface area contributed by atoms with Crippen LogP contribution in [0.5, 0.6) is 5.75 Å². The summed E-state index contributed by atoms with van der Waals surface area (Å²) in [5, 5.41) is 1.42. The summed E-state index contributed by atoms with van der Waals surface area (Å²) in [5.41, 5.74) is 1.95. The quantitative estimate of drug-likeness (QED) is 0.662. The lowest BCUT2D eigenvalue weighted by Crippen LogP contribution is -1.86. The van der Waals surface area contributed by atoms with Crippen molar-refractivity contribution >= 4 is 28.9 Å². The highest BCUT2D eigenvalue weighted by Gasteiger charge is 2.13. The molecule has 0 radical (unpaired) electrons. The Morgan fingerprint density at radius 3 is 2.70 bits per heavy atom. The topological polar surface area (TPSA) is 39.4 Å². The first kappa shape index (κ1) is 12.8. The Balaban J connectivity index is 2.25. The van der Waals surface area contributed by atoms with Gasteiger partial charge in [0.05, 0.1) is 12.1 Å². The van der Waals surface area contributed by atoms with E-state index in [1.807, 2.05) is 24.3 Å². The molecule has 4 heteroatoms. The van der Waals surface area contributed by atoms with Crippen LogP contribution in [0.1, 0.15) is 10.4 Å². The number of aldehydes is 1. The van der Waals surface area contributed by atoms with Gasteiger partial charge in [0.15, 0.2) is 11.3 Å². The molecule has 0 amide bonds. The van der Waals surface area contributed by atoms with Crippen molar-refractivity contribution in [2.75, 3.05) is 7.11 Å². The average Bonchev–Trinajstić information content (AvgIpc) is 2.90. The third kappa shape index (κ3) is 2.06. The van der Waals surface area contributed by atoms with E-state index in [2.05, 4.69) is 0 Å². The van der Waals surface area contributed by atoms with Crippen LogP contribution in [0.4, 0.5) is 0 Å². The summed E-state index contributed by atoms with van der Waals surface area (Å²) in [6, 6.07) is 12.7. The summed E-state index contributed by atoms with van der Waals surface area (Å²) in [6.07, 6.45) is 0.782. The summed E-state index contributed by atoms with van der Waals surface area (Å²) < 4.78 is 11.1. The summed E-state index contributed by atoms with van der Waals surface area (Å²) in [4.78, 5) is 10.9. The van der Waals surface area contributed by atoms with Crippen LogP contribution in [0, 0.1) is 0 Å². The molecule has 0 N–H and O–H groups in total. The fraction of sp³-hybridized carbons (Fsp3) is 0.0625. The first-order chi connectivity index (χ1) is 9.72. The Kier molecular flexibility index (Phi) is 3.20. The zero-order valence-corrected chi connectivity index (χ0v) is 11.5. The van der Waals surface area contributed by atoms with Crippen molar-refractivity contribution in [1.29, 1.82) is 0 Å². The van der Waals surface area contributed by atoms with Gasteiger partial charge < -0.3 is 9.15 Å². The molecule has 1 heterocycles. The van der Waals surface area contributed by atoms with Crippen LogP contribution in [0.25, 0.3) is 22.3 Å². The zero-order valence-electron chi connectivity index (χ0n) is 10.7. The molecule has 0 aliphatic carbocycles. The molecule has 0 unspecified atom stereocenters. The first-order valence-electron chi connectivity index (χ1n) is 6.04. The minimum Gasteiger partial charge on any atom is -0.493 e. The predicted octanol–water partition coefficient (Wildman–Crippen LogP) is 4.57. The number of furan rings is 1. The summed E-state index contributed by atoms with van der Waals surface area (Å²) in [5.74, 6) is 1.18. The molecule has 1 aromatic heterocycles. The molecule has 3 nitrogen and oxygen atoms in total. The molecule has 0 saturated carbocycles. The third-order valence-corrected chi connectivity index (χ3v) is 3.43. The van der Waals surface area contributed by atoms with Gasteiger partial charge in [-0.3, -0.25) is 4.79 Å². The van der Waals surface area contributed by atoms with Crippen molar-refractivity contribution < 1.29 is 13.9 Å². The lowest BCUT2D eigenvalue weighted by Gasteiger charge is -2.01. The number of benzene rings is 2. The van der Waals surface area contributed by atoms with Crippen molar-refractivity contribution in [2.24, 2.45) is 0 Å². The third-order valence-electron chi connectivity index (χ3n) is 3.10. The van der Waals surface area contributed by atoms with Crippen molar-refractivity contribution in [3.63, 3.8) is 0 Å². The van der Waals surface area contributed by atoms with Gasteiger partial charge in [0.1, 0.15) is 12.0 Å². The highest BCUT2D eigenvalue weighted by molar-refractivity contribution is 6.33. The van der Waals surface area contributed by atoms with E-state index in [4.69, 9.17) is 20.8 Å². The van der Waals surface area contributed by atoms with Crippen molar-refractivity contribution in [1.82, 2.24) is 0 Å². The Bertz CT molecular complexity index is 790. The van der Waals surface area contributed by atoms with Crippen molar-refractivity contribution in [3.05, 3.63) is 53.1 Å². The number of hydrogen-bond donors (Lipinski definition) is 0. The highest BCUT2D eigenvalue weighted by Crippen LogP contribution is 2.36. The summed E-state index contributed by atoms with van der Waals surface area (Å²) in [6.45, 7) is 0. The van der Waals surface area contributed by atoms with Gasteiger partial charge in [-0.2, -0.15) is 0 Å². The first-order valence-corrected chi connectivity index (χ1v) is 6.42. The second kappa shape index (κ2) is 5.02. The Labute approximate surface area is 120 Å². The second-order valence-corrected chi connectivity index (χ2v) is 4.76. The van der Waals surface area contributed by atoms with Crippen LogP contribution in [-0.4, -0.2) is 13.4 Å². The monoisotopic (exact) mass is 286 g/mol. The highest BCUT2D eigenvalue weighted by atomic mass is 35.5. The lowest BCUT2D eigenvalue weighted by molar-refractivity contribution is 0.112. The maximum Gasteiger partial charge on any atom is 0.176 e. The predicted molar refractivity (Wildman–Crippen MR) is 78.6 cm³/mol. The van der Waals surface area contributed by atoms with Crippen LogP contribution < -0.4 is 4.74 Å². The van der Waals surface area contributed by atoms with E-state index in [1.165, 1.54) is 0 Å². The molecule has 100 valence electrons. The minimum absolute atomic E-state index is 0.530. The van der Waals surface area contributed by atoms with Gasteiger partial charge >= 0.3 is 0 Å². The standard InChI is InChI=1S/C16H11ClO3/c1-19-15-7-10(9-18)6-11-8-14(20-16(11)15)12-4-2-3-5-13(12)17/h2-9H,1H3. The fourth-order valence-corrected chi connectivity index (χ4v) is 2.39. The minimum atomic E-state index is 0.530. The van der Waals surface area contributed by atoms with Crippen molar-refractivity contribution in [2.45, 2.75) is 0 Å². The molecule has 0 atom stereocenters. The molecular formula is C16H11ClO3. The average molecular weight is 287 g/mol. The second-order valence-electron chi connectivity index (χ2n) is 4.35. The van der Waals surface area contributed by atoms with Crippen LogP contribution in [0.3, 0.4) is 0 Å². The van der Waals surface area contributed by atoms with Crippen LogP contribution in [-0.2, 0) is 0 Å². The van der Waals surface area contributed by atoms with E-state index in [1.54, 1.807) is 25.3 Å². The normalized spacial score (nSPS) is 10.7. The van der Waals surface area contributed by atoms with Crippen molar-refractivity contribution in [3.8, 4) is 17.1 Å². The molecule has 20 heavy (non-hydrogen) atoms. The van der Waals surface area contributed by atoms with E-state index in [0.29, 0.717) is 27.7 Å². The molecule has 0 spiro atoms. The summed E-state index contributed by atoms with van der Waals surface area (Å²) >= 11 is 6.17. The maximum absolute atomic E-state index is 10.9. The molecule has 2 aromatic carbocycles. The maximum atomic E-state index is 10.9. The Hall–Kier alpha value is -2.26. The smallest absolute Gasteiger partial charge is 0.176 e. The van der Waals surface area contributed by atoms with E-state index in [0.717, 1.165) is 17.2 Å². The summed E-state index contributed by atoms with van der Waals surface area (Å²) in [7, 11) is 1.54. The van der Waals surface area contributed by atoms with E-state index >= 15 is 0 Å². The molecule has 0 saturated heterocycles. The molecule has 0 aliphatic rings. The molecular weight excluding hydrogens is 276 g/mol. The zero-order chi connectivity index (χ0) is 14.1. The fourth-order valence-electron chi connectivity index (χ4n) is 2.16. The van der Waals surface area contributed by atoms with Gasteiger partial charge in [0.2, 0.25) is 0 Å². The van der Waals surface area contributed by atoms with Crippen LogP contribution in [0.2, 0.25) is 5.02 Å². The molecule has 3 aromatic rings. The van der Waals surface area contributed by atoms with E-state index in [9.17, 15) is 4.79 Å². The van der Waals surface area contributed by atoms with E-state index in [-0.39, 0.29) is 0 Å². The Morgan fingerprint density at radius 2 is 2.00 bits per heavy atom. The van der Waals surface area contributed by atoms with Gasteiger partial charge in [0, 0.05) is 16.5 Å². The molecule has 0 bridgehead atoms. The van der Waals surface area contributed by atoms with Gasteiger partial charge in [0.25, 0.3) is 0 Å². The molecule has 3 rings (SSSR count). The number of methoxy groups -OCH3 is 1. The molecule has 0 fully saturated rings. The number of hydrogen-bond acceptors (Lipinski definition) is 3. The number of fused-ring (bicyclic) bond motifs is 1. The van der Waals surface area contributed by atoms with Crippen LogP contribution >= 0.6 is 11.6 Å². The number of rotatable bonds is 3. The number of carbonyl (C=O) groups excluding carboxylic acids is 1. The number of carbonyl (C=O) groups is 1. The lowest BCUT2D eigenvalue weighted by atomic mass is 10.1. The Morgan fingerprint density at radius 1 is 1.20 bits per heavy atom. The largest absolute Gasteiger partial charge is 0.493 e. The van der Waals surface area contributed by atoms with Crippen LogP contribution in [0.15, 0.2) is 46.9 Å². The molecule has 0 aliphatic heterocycles. The van der Waals surface area contributed by atoms with Gasteiger partial charge in [-0.15, -0.1) is 0 Å². The SMILES string of the molecule is COc1cc(C=O)cc2cc(-c3ccccc3Cl)oc12.